The van der Waals surface area contributed by atoms with Crippen molar-refractivity contribution in [1.29, 1.82) is 0 Å². The van der Waals surface area contributed by atoms with Crippen LogP contribution in [0.4, 0.5) is 5.69 Å². The Morgan fingerprint density at radius 1 is 1.17 bits per heavy atom. The maximum atomic E-state index is 11.5. The molecule has 0 fully saturated rings. The van der Waals surface area contributed by atoms with Gasteiger partial charge in [-0.1, -0.05) is 0 Å². The predicted octanol–water partition coefficient (Wildman–Crippen LogP) is 0.215. The van der Waals surface area contributed by atoms with Crippen LogP contribution in [-0.4, -0.2) is 38.5 Å². The maximum Gasteiger partial charge on any atom is 0.251 e. The Morgan fingerprint density at radius 3 is 2.39 bits per heavy atom. The van der Waals surface area contributed by atoms with Crippen molar-refractivity contribution in [3.8, 4) is 0 Å². The molecule has 2 aromatic rings. The third kappa shape index (κ3) is 2.62. The highest BCUT2D eigenvalue weighted by atomic mass is 32.2. The van der Waals surface area contributed by atoms with E-state index in [1.165, 1.54) is 18.3 Å². The van der Waals surface area contributed by atoms with E-state index in [0.29, 0.717) is 10.9 Å². The third-order valence-corrected chi connectivity index (χ3v) is 3.68. The van der Waals surface area contributed by atoms with E-state index in [2.05, 4.69) is 9.82 Å². The summed E-state index contributed by atoms with van der Waals surface area (Å²) in [6, 6.07) is 4.56. The summed E-state index contributed by atoms with van der Waals surface area (Å²) in [6.07, 6.45) is 3.45. The smallest absolute Gasteiger partial charge is 0.251 e. The number of hydrogen-bond donors (Lipinski definition) is 1. The Labute approximate surface area is 105 Å². The van der Waals surface area contributed by atoms with Gasteiger partial charge in [-0.2, -0.15) is 9.19 Å². The van der Waals surface area contributed by atoms with Crippen LogP contribution in [0.5, 0.6) is 0 Å². The lowest BCUT2D eigenvalue weighted by atomic mass is 10.2. The van der Waals surface area contributed by atoms with Crippen molar-refractivity contribution < 1.29 is 16.8 Å². The highest BCUT2D eigenvalue weighted by Gasteiger charge is 2.12. The Morgan fingerprint density at radius 2 is 1.83 bits per heavy atom. The monoisotopic (exact) mass is 289 g/mol. The number of anilines is 1. The first kappa shape index (κ1) is 12.8. The Kier molecular flexibility index (Phi) is 2.82. The molecule has 18 heavy (non-hydrogen) atoms. The van der Waals surface area contributed by atoms with E-state index in [0.717, 1.165) is 16.6 Å². The van der Waals surface area contributed by atoms with Crippen molar-refractivity contribution in [1.82, 2.24) is 9.19 Å². The number of nitrogens with one attached hydrogen (secondary N) is 1. The van der Waals surface area contributed by atoms with Crippen molar-refractivity contribution in [2.75, 3.05) is 17.2 Å². The van der Waals surface area contributed by atoms with Crippen molar-refractivity contribution in [2.45, 2.75) is 0 Å². The molecule has 1 aromatic carbocycles. The van der Waals surface area contributed by atoms with Gasteiger partial charge < -0.3 is 0 Å². The van der Waals surface area contributed by atoms with Crippen LogP contribution in [0.15, 0.2) is 24.4 Å². The molecule has 9 heteroatoms. The summed E-state index contributed by atoms with van der Waals surface area (Å²) < 4.78 is 48.3. The fraction of sp³-hybridized carbons (Fsp3) is 0.222. The molecule has 1 N–H and O–H groups in total. The van der Waals surface area contributed by atoms with Crippen LogP contribution in [0.1, 0.15) is 0 Å². The van der Waals surface area contributed by atoms with Gasteiger partial charge in [0.15, 0.2) is 0 Å². The lowest BCUT2D eigenvalue weighted by molar-refractivity contribution is 0.588. The summed E-state index contributed by atoms with van der Waals surface area (Å²) in [6.45, 7) is 0. The van der Waals surface area contributed by atoms with Crippen LogP contribution in [0.25, 0.3) is 10.9 Å². The van der Waals surface area contributed by atoms with E-state index in [4.69, 9.17) is 0 Å². The normalized spacial score (nSPS) is 12.8. The minimum Gasteiger partial charge on any atom is -0.284 e. The van der Waals surface area contributed by atoms with E-state index in [1.807, 2.05) is 0 Å². The van der Waals surface area contributed by atoms with Crippen molar-refractivity contribution in [3.05, 3.63) is 24.4 Å². The highest BCUT2D eigenvalue weighted by Crippen LogP contribution is 2.20. The fourth-order valence-electron chi connectivity index (χ4n) is 1.54. The van der Waals surface area contributed by atoms with Gasteiger partial charge in [-0.05, 0) is 18.2 Å². The lowest BCUT2D eigenvalue weighted by Crippen LogP contribution is -2.12. The number of fused-ring (bicyclic) bond motifs is 1. The molecule has 0 unspecified atom stereocenters. The summed E-state index contributed by atoms with van der Waals surface area (Å²) >= 11 is 0. The molecule has 0 radical (unpaired) electrons. The number of rotatable bonds is 3. The maximum absolute atomic E-state index is 11.5. The summed E-state index contributed by atoms with van der Waals surface area (Å²) in [4.78, 5) is 0. The van der Waals surface area contributed by atoms with Gasteiger partial charge in [0.05, 0.1) is 29.9 Å². The number of sulfonamides is 1. The topological polar surface area (TPSA) is 98.1 Å². The largest absolute Gasteiger partial charge is 0.284 e. The van der Waals surface area contributed by atoms with Gasteiger partial charge in [-0.15, -0.1) is 0 Å². The first-order valence-corrected chi connectivity index (χ1v) is 8.57. The van der Waals surface area contributed by atoms with Crippen LogP contribution in [0.3, 0.4) is 0 Å². The van der Waals surface area contributed by atoms with E-state index >= 15 is 0 Å². The molecule has 0 amide bonds. The molecule has 1 aromatic heterocycles. The van der Waals surface area contributed by atoms with Crippen LogP contribution in [0.2, 0.25) is 0 Å². The van der Waals surface area contributed by atoms with Crippen LogP contribution >= 0.6 is 0 Å². The van der Waals surface area contributed by atoms with Crippen molar-refractivity contribution in [2.24, 2.45) is 0 Å². The molecule has 7 nitrogen and oxygen atoms in total. The van der Waals surface area contributed by atoms with E-state index in [1.54, 1.807) is 6.07 Å². The summed E-state index contributed by atoms with van der Waals surface area (Å²) in [5, 5.41) is 4.37. The molecular weight excluding hydrogens is 278 g/mol. The number of nitrogens with zero attached hydrogens (tertiary/aromatic N) is 2. The molecule has 0 aliphatic heterocycles. The highest BCUT2D eigenvalue weighted by molar-refractivity contribution is 7.92. The zero-order valence-corrected chi connectivity index (χ0v) is 11.3. The summed E-state index contributed by atoms with van der Waals surface area (Å²) in [7, 11) is -6.92. The van der Waals surface area contributed by atoms with Crippen LogP contribution in [0, 0.1) is 0 Å². The number of hydrogen-bond acceptors (Lipinski definition) is 5. The molecule has 98 valence electrons. The molecule has 0 saturated heterocycles. The molecule has 0 aliphatic carbocycles. The minimum atomic E-state index is -3.52. The molecule has 2 rings (SSSR count). The fourth-order valence-corrected chi connectivity index (χ4v) is 2.83. The second-order valence-corrected chi connectivity index (χ2v) is 7.46. The second kappa shape index (κ2) is 3.95. The van der Waals surface area contributed by atoms with Crippen LogP contribution < -0.4 is 4.72 Å². The average Bonchev–Trinajstić information content (AvgIpc) is 2.56. The minimum absolute atomic E-state index is 0.287. The number of aromatic nitrogens is 2. The van der Waals surface area contributed by atoms with E-state index in [-0.39, 0.29) is 5.69 Å². The zero-order chi connectivity index (χ0) is 13.6. The molecule has 0 aliphatic rings. The van der Waals surface area contributed by atoms with Crippen molar-refractivity contribution in [3.63, 3.8) is 0 Å². The molecule has 0 bridgehead atoms. The van der Waals surface area contributed by atoms with E-state index in [9.17, 15) is 16.8 Å². The molecular formula is C9H11N3O4S2. The molecule has 0 saturated carbocycles. The standard InChI is InChI=1S/C9H11N3O4S2/c1-17(13,14)11-8-4-3-7-6-10-12(9(7)5-8)18(2,15)16/h3-6,11H,1-2H3. The Balaban J connectivity index is 2.63. The quantitative estimate of drug-likeness (QED) is 0.871. The second-order valence-electron chi connectivity index (χ2n) is 3.90. The Bertz CT molecular complexity index is 805. The van der Waals surface area contributed by atoms with Gasteiger partial charge >= 0.3 is 0 Å². The van der Waals surface area contributed by atoms with Crippen LogP contribution in [-0.2, 0) is 20.0 Å². The molecule has 0 spiro atoms. The zero-order valence-electron chi connectivity index (χ0n) is 9.65. The Hall–Kier alpha value is -1.61. The summed E-state index contributed by atoms with van der Waals surface area (Å²) in [5.41, 5.74) is 0.613. The van der Waals surface area contributed by atoms with Gasteiger partial charge in [0, 0.05) is 5.39 Å². The van der Waals surface area contributed by atoms with Gasteiger partial charge in [0.25, 0.3) is 10.0 Å². The SMILES string of the molecule is CS(=O)(=O)Nc1ccc2cnn(S(C)(=O)=O)c2c1. The summed E-state index contributed by atoms with van der Waals surface area (Å²) in [5.74, 6) is 0. The van der Waals surface area contributed by atoms with Gasteiger partial charge in [0.2, 0.25) is 10.0 Å². The molecule has 0 atom stereocenters. The predicted molar refractivity (Wildman–Crippen MR) is 68.4 cm³/mol. The first-order chi connectivity index (χ1) is 8.17. The average molecular weight is 289 g/mol. The van der Waals surface area contributed by atoms with Gasteiger partial charge in [-0.3, -0.25) is 4.72 Å². The van der Waals surface area contributed by atoms with E-state index < -0.39 is 20.0 Å². The molecule has 1 heterocycles. The van der Waals surface area contributed by atoms with Gasteiger partial charge in [-0.25, -0.2) is 16.8 Å². The lowest BCUT2D eigenvalue weighted by Gasteiger charge is -2.05. The first-order valence-electron chi connectivity index (χ1n) is 4.83. The number of benzene rings is 1. The third-order valence-electron chi connectivity index (χ3n) is 2.16. The van der Waals surface area contributed by atoms with Gasteiger partial charge in [0.1, 0.15) is 0 Å². The van der Waals surface area contributed by atoms with Crippen molar-refractivity contribution >= 4 is 36.6 Å².